The molecule has 0 saturated carbocycles. The molecular formula is C11H18FN3O2S. The van der Waals surface area contributed by atoms with Crippen LogP contribution in [0.1, 0.15) is 6.42 Å². The number of nitrogens with zero attached hydrogens (tertiary/aromatic N) is 2. The Morgan fingerprint density at radius 3 is 2.28 bits per heavy atom. The molecule has 1 aromatic rings. The molecule has 0 bridgehead atoms. The molecule has 18 heavy (non-hydrogen) atoms. The van der Waals surface area contributed by atoms with Gasteiger partial charge in [-0.2, -0.15) is 12.7 Å². The lowest BCUT2D eigenvalue weighted by Crippen LogP contribution is -2.40. The maximum Gasteiger partial charge on any atom is 0.303 e. The lowest BCUT2D eigenvalue weighted by Gasteiger charge is -2.25. The first-order valence-electron chi connectivity index (χ1n) is 5.55. The zero-order chi connectivity index (χ0) is 13.8. The minimum Gasteiger partial charge on any atom is -0.330 e. The molecule has 1 rings (SSSR count). The number of rotatable bonds is 6. The summed E-state index contributed by atoms with van der Waals surface area (Å²) in [6.45, 7) is 0.782. The van der Waals surface area contributed by atoms with Crippen LogP contribution in [0.3, 0.4) is 0 Å². The summed E-state index contributed by atoms with van der Waals surface area (Å²) in [5, 5.41) is 0. The van der Waals surface area contributed by atoms with Gasteiger partial charge in [0.25, 0.3) is 0 Å². The molecule has 102 valence electrons. The first kappa shape index (κ1) is 14.9. The highest BCUT2D eigenvalue weighted by atomic mass is 32.2. The number of benzene rings is 1. The van der Waals surface area contributed by atoms with Gasteiger partial charge in [0.05, 0.1) is 5.69 Å². The van der Waals surface area contributed by atoms with E-state index in [0.29, 0.717) is 25.2 Å². The maximum absolute atomic E-state index is 12.8. The number of anilines is 1. The van der Waals surface area contributed by atoms with Crippen LogP contribution in [0.4, 0.5) is 10.1 Å². The number of nitrogens with two attached hydrogens (primary N) is 1. The van der Waals surface area contributed by atoms with Crippen LogP contribution >= 0.6 is 0 Å². The van der Waals surface area contributed by atoms with Crippen LogP contribution in [-0.4, -0.2) is 39.9 Å². The zero-order valence-corrected chi connectivity index (χ0v) is 11.3. The second-order valence-corrected chi connectivity index (χ2v) is 5.98. The third-order valence-electron chi connectivity index (χ3n) is 2.61. The van der Waals surface area contributed by atoms with Gasteiger partial charge >= 0.3 is 10.2 Å². The lowest BCUT2D eigenvalue weighted by molar-refractivity contribution is 0.462. The van der Waals surface area contributed by atoms with Gasteiger partial charge in [0, 0.05) is 20.6 Å². The van der Waals surface area contributed by atoms with E-state index in [1.807, 2.05) is 0 Å². The molecule has 1 aromatic carbocycles. The van der Waals surface area contributed by atoms with Crippen molar-refractivity contribution in [3.63, 3.8) is 0 Å². The van der Waals surface area contributed by atoms with E-state index in [2.05, 4.69) is 0 Å². The van der Waals surface area contributed by atoms with Crippen LogP contribution in [0.15, 0.2) is 24.3 Å². The van der Waals surface area contributed by atoms with Crippen LogP contribution in [0, 0.1) is 5.82 Å². The predicted octanol–water partition coefficient (Wildman–Crippen LogP) is 0.787. The number of hydrogen-bond acceptors (Lipinski definition) is 3. The molecule has 0 unspecified atom stereocenters. The Kier molecular flexibility index (Phi) is 5.06. The zero-order valence-electron chi connectivity index (χ0n) is 10.5. The van der Waals surface area contributed by atoms with Gasteiger partial charge in [-0.25, -0.2) is 4.39 Å². The van der Waals surface area contributed by atoms with Crippen LogP contribution < -0.4 is 10.0 Å². The fourth-order valence-corrected chi connectivity index (χ4v) is 2.59. The van der Waals surface area contributed by atoms with E-state index in [1.54, 1.807) is 0 Å². The summed E-state index contributed by atoms with van der Waals surface area (Å²) in [7, 11) is -0.665. The quantitative estimate of drug-likeness (QED) is 0.834. The van der Waals surface area contributed by atoms with E-state index >= 15 is 0 Å². The van der Waals surface area contributed by atoms with Gasteiger partial charge in [0.15, 0.2) is 0 Å². The fourth-order valence-electron chi connectivity index (χ4n) is 1.42. The molecule has 0 spiro atoms. The van der Waals surface area contributed by atoms with Crippen molar-refractivity contribution in [2.24, 2.45) is 5.73 Å². The van der Waals surface area contributed by atoms with Crippen molar-refractivity contribution < 1.29 is 12.8 Å². The molecule has 0 heterocycles. The molecule has 7 heteroatoms. The summed E-state index contributed by atoms with van der Waals surface area (Å²) in [5.74, 6) is -0.402. The molecule has 0 aliphatic rings. The largest absolute Gasteiger partial charge is 0.330 e. The molecule has 0 atom stereocenters. The summed E-state index contributed by atoms with van der Waals surface area (Å²) < 4.78 is 39.4. The standard InChI is InChI=1S/C11H18FN3O2S/c1-14(9-3-8-13)18(16,17)15(2)11-6-4-10(12)5-7-11/h4-7H,3,8-9,13H2,1-2H3. The fraction of sp³-hybridized carbons (Fsp3) is 0.455. The van der Waals surface area contributed by atoms with Gasteiger partial charge in [-0.3, -0.25) is 4.31 Å². The first-order valence-corrected chi connectivity index (χ1v) is 6.95. The maximum atomic E-state index is 12.8. The minimum absolute atomic E-state index is 0.352. The molecular weight excluding hydrogens is 257 g/mol. The smallest absolute Gasteiger partial charge is 0.303 e. The second-order valence-electron chi connectivity index (χ2n) is 3.92. The highest BCUT2D eigenvalue weighted by Crippen LogP contribution is 2.18. The third-order valence-corrected chi connectivity index (χ3v) is 4.48. The van der Waals surface area contributed by atoms with Crippen molar-refractivity contribution >= 4 is 15.9 Å². The van der Waals surface area contributed by atoms with Gasteiger partial charge in [-0.1, -0.05) is 0 Å². The van der Waals surface area contributed by atoms with Crippen molar-refractivity contribution in [1.82, 2.24) is 4.31 Å². The van der Waals surface area contributed by atoms with Gasteiger partial charge in [-0.05, 0) is 37.2 Å². The molecule has 0 radical (unpaired) electrons. The monoisotopic (exact) mass is 275 g/mol. The van der Waals surface area contributed by atoms with Crippen molar-refractivity contribution in [2.75, 3.05) is 31.5 Å². The Balaban J connectivity index is 2.87. The molecule has 0 fully saturated rings. The molecule has 0 amide bonds. The van der Waals surface area contributed by atoms with Crippen molar-refractivity contribution in [2.45, 2.75) is 6.42 Å². The lowest BCUT2D eigenvalue weighted by atomic mass is 10.3. The molecule has 2 N–H and O–H groups in total. The van der Waals surface area contributed by atoms with E-state index in [9.17, 15) is 12.8 Å². The van der Waals surface area contributed by atoms with Crippen LogP contribution in [0.2, 0.25) is 0 Å². The average Bonchev–Trinajstić information content (AvgIpc) is 2.35. The Bertz CT molecular complexity index is 476. The summed E-state index contributed by atoms with van der Waals surface area (Å²) >= 11 is 0. The van der Waals surface area contributed by atoms with Crippen molar-refractivity contribution in [1.29, 1.82) is 0 Å². The molecule has 0 saturated heterocycles. The van der Waals surface area contributed by atoms with E-state index in [1.165, 1.54) is 42.7 Å². The number of halogens is 1. The van der Waals surface area contributed by atoms with E-state index in [-0.39, 0.29) is 0 Å². The Morgan fingerprint density at radius 2 is 1.78 bits per heavy atom. The minimum atomic E-state index is -3.59. The summed E-state index contributed by atoms with van der Waals surface area (Å²) in [4.78, 5) is 0. The van der Waals surface area contributed by atoms with Gasteiger partial charge in [0.1, 0.15) is 5.82 Å². The van der Waals surface area contributed by atoms with Crippen molar-refractivity contribution in [3.8, 4) is 0 Å². The molecule has 0 aliphatic carbocycles. The molecule has 0 aliphatic heterocycles. The van der Waals surface area contributed by atoms with Gasteiger partial charge in [0.2, 0.25) is 0 Å². The Hall–Kier alpha value is -1.18. The van der Waals surface area contributed by atoms with E-state index in [4.69, 9.17) is 5.73 Å². The molecule has 5 nitrogen and oxygen atoms in total. The van der Waals surface area contributed by atoms with E-state index in [0.717, 1.165) is 4.31 Å². The SMILES string of the molecule is CN(CCCN)S(=O)(=O)N(C)c1ccc(F)cc1. The molecule has 0 aromatic heterocycles. The number of hydrogen-bond donors (Lipinski definition) is 1. The van der Waals surface area contributed by atoms with Crippen molar-refractivity contribution in [3.05, 3.63) is 30.1 Å². The highest BCUT2D eigenvalue weighted by Gasteiger charge is 2.23. The van der Waals surface area contributed by atoms with Gasteiger partial charge in [-0.15, -0.1) is 0 Å². The topological polar surface area (TPSA) is 66.6 Å². The summed E-state index contributed by atoms with van der Waals surface area (Å²) in [6, 6.07) is 5.29. The normalized spacial score (nSPS) is 11.8. The second kappa shape index (κ2) is 6.12. The predicted molar refractivity (Wildman–Crippen MR) is 70.0 cm³/mol. The first-order chi connectivity index (χ1) is 8.39. The van der Waals surface area contributed by atoms with Crippen LogP contribution in [0.25, 0.3) is 0 Å². The van der Waals surface area contributed by atoms with Crippen LogP contribution in [0.5, 0.6) is 0 Å². The highest BCUT2D eigenvalue weighted by molar-refractivity contribution is 7.90. The summed E-state index contributed by atoms with van der Waals surface area (Å²) in [5.41, 5.74) is 5.76. The average molecular weight is 275 g/mol. The van der Waals surface area contributed by atoms with E-state index < -0.39 is 16.0 Å². The summed E-state index contributed by atoms with van der Waals surface area (Å²) in [6.07, 6.45) is 0.590. The Morgan fingerprint density at radius 1 is 1.22 bits per heavy atom. The van der Waals surface area contributed by atoms with Gasteiger partial charge < -0.3 is 5.73 Å². The third kappa shape index (κ3) is 3.41. The Labute approximate surface area is 107 Å². The van der Waals surface area contributed by atoms with Crippen LogP contribution in [-0.2, 0) is 10.2 Å².